The highest BCUT2D eigenvalue weighted by molar-refractivity contribution is 4.83. The zero-order chi connectivity index (χ0) is 9.86. The predicted octanol–water partition coefficient (Wildman–Crippen LogP) is 1.67. The average Bonchev–Trinajstić information content (AvgIpc) is 2.19. The largest absolute Gasteiger partial charge is 0.353 e. The molecule has 0 saturated carbocycles. The Morgan fingerprint density at radius 3 is 2.93 bits per heavy atom. The van der Waals surface area contributed by atoms with Crippen molar-refractivity contribution >= 4 is 0 Å². The van der Waals surface area contributed by atoms with Gasteiger partial charge in [0.05, 0.1) is 5.60 Å². The van der Waals surface area contributed by atoms with E-state index in [0.717, 1.165) is 32.5 Å². The molecule has 0 radical (unpaired) electrons. The van der Waals surface area contributed by atoms with E-state index in [2.05, 4.69) is 12.2 Å². The van der Waals surface area contributed by atoms with Crippen LogP contribution >= 0.6 is 0 Å². The highest BCUT2D eigenvalue weighted by Crippen LogP contribution is 2.25. The third kappa shape index (κ3) is 2.69. The van der Waals surface area contributed by atoms with Gasteiger partial charge < -0.3 is 14.8 Å². The molecule has 2 saturated heterocycles. The molecule has 2 rings (SSSR count). The summed E-state index contributed by atoms with van der Waals surface area (Å²) < 4.78 is 11.6. The van der Waals surface area contributed by atoms with Crippen LogP contribution in [0.15, 0.2) is 0 Å². The van der Waals surface area contributed by atoms with Crippen LogP contribution in [0.25, 0.3) is 0 Å². The van der Waals surface area contributed by atoms with Crippen LogP contribution in [0.3, 0.4) is 0 Å². The predicted molar refractivity (Wildman–Crippen MR) is 55.2 cm³/mol. The fourth-order valence-electron chi connectivity index (χ4n) is 2.25. The minimum atomic E-state index is 0.000255. The van der Waals surface area contributed by atoms with E-state index in [1.807, 2.05) is 0 Å². The summed E-state index contributed by atoms with van der Waals surface area (Å²) in [5.74, 6) is 0. The molecule has 0 aromatic carbocycles. The maximum atomic E-state index is 6.04. The topological polar surface area (TPSA) is 30.5 Å². The molecule has 2 aliphatic heterocycles. The second-order valence-electron chi connectivity index (χ2n) is 4.64. The van der Waals surface area contributed by atoms with Crippen molar-refractivity contribution in [3.63, 3.8) is 0 Å². The molecule has 1 N–H and O–H groups in total. The summed E-state index contributed by atoms with van der Waals surface area (Å²) in [5, 5.41) is 3.38. The van der Waals surface area contributed by atoms with Crippen molar-refractivity contribution in [1.82, 2.24) is 5.32 Å². The minimum absolute atomic E-state index is 0.000255. The molecule has 0 spiro atoms. The van der Waals surface area contributed by atoms with Crippen molar-refractivity contribution in [2.24, 2.45) is 0 Å². The molecule has 0 aromatic heterocycles. The van der Waals surface area contributed by atoms with E-state index in [0.29, 0.717) is 0 Å². The van der Waals surface area contributed by atoms with Gasteiger partial charge >= 0.3 is 0 Å². The fraction of sp³-hybridized carbons (Fsp3) is 1.00. The number of nitrogens with one attached hydrogen (secondary N) is 1. The van der Waals surface area contributed by atoms with Crippen LogP contribution in [-0.4, -0.2) is 31.6 Å². The molecular weight excluding hydrogens is 178 g/mol. The van der Waals surface area contributed by atoms with Gasteiger partial charge in [0, 0.05) is 13.2 Å². The second-order valence-corrected chi connectivity index (χ2v) is 4.64. The minimum Gasteiger partial charge on any atom is -0.353 e. The molecule has 3 nitrogen and oxygen atoms in total. The Labute approximate surface area is 86.2 Å². The van der Waals surface area contributed by atoms with E-state index in [4.69, 9.17) is 9.47 Å². The first kappa shape index (κ1) is 10.4. The summed E-state index contributed by atoms with van der Waals surface area (Å²) in [7, 11) is 0. The van der Waals surface area contributed by atoms with Crippen LogP contribution in [0.1, 0.15) is 39.0 Å². The van der Waals surface area contributed by atoms with E-state index in [-0.39, 0.29) is 11.9 Å². The summed E-state index contributed by atoms with van der Waals surface area (Å²) in [4.78, 5) is 0. The van der Waals surface area contributed by atoms with Gasteiger partial charge in [-0.1, -0.05) is 0 Å². The molecule has 2 aliphatic rings. The number of ether oxygens (including phenoxy) is 2. The van der Waals surface area contributed by atoms with E-state index in [1.54, 1.807) is 0 Å². The maximum Gasteiger partial charge on any atom is 0.158 e. The van der Waals surface area contributed by atoms with E-state index in [1.165, 1.54) is 19.3 Å². The van der Waals surface area contributed by atoms with Crippen molar-refractivity contribution in [1.29, 1.82) is 0 Å². The molecule has 0 aliphatic carbocycles. The zero-order valence-electron chi connectivity index (χ0n) is 9.05. The Kier molecular flexibility index (Phi) is 3.42. The van der Waals surface area contributed by atoms with Crippen LogP contribution < -0.4 is 5.32 Å². The van der Waals surface area contributed by atoms with Gasteiger partial charge in [-0.2, -0.15) is 0 Å². The quantitative estimate of drug-likeness (QED) is 0.734. The molecular formula is C11H21NO2. The average molecular weight is 199 g/mol. The molecule has 3 heteroatoms. The summed E-state index contributed by atoms with van der Waals surface area (Å²) in [5.41, 5.74) is 0.000255. The van der Waals surface area contributed by atoms with Gasteiger partial charge in [-0.05, 0) is 45.6 Å². The molecule has 14 heavy (non-hydrogen) atoms. The Bertz CT molecular complexity index is 172. The van der Waals surface area contributed by atoms with E-state index in [9.17, 15) is 0 Å². The monoisotopic (exact) mass is 199 g/mol. The van der Waals surface area contributed by atoms with Crippen molar-refractivity contribution in [2.75, 3.05) is 19.7 Å². The van der Waals surface area contributed by atoms with Crippen molar-refractivity contribution in [2.45, 2.75) is 50.9 Å². The Hall–Kier alpha value is -0.120. The molecule has 0 bridgehead atoms. The second kappa shape index (κ2) is 4.60. The zero-order valence-corrected chi connectivity index (χ0v) is 9.05. The van der Waals surface area contributed by atoms with Crippen LogP contribution in [0.2, 0.25) is 0 Å². The Balaban J connectivity index is 1.81. The van der Waals surface area contributed by atoms with Crippen LogP contribution in [-0.2, 0) is 9.47 Å². The van der Waals surface area contributed by atoms with E-state index < -0.39 is 0 Å². The number of hydrogen-bond acceptors (Lipinski definition) is 3. The van der Waals surface area contributed by atoms with E-state index >= 15 is 0 Å². The smallest absolute Gasteiger partial charge is 0.158 e. The van der Waals surface area contributed by atoms with Gasteiger partial charge in [0.1, 0.15) is 0 Å². The summed E-state index contributed by atoms with van der Waals surface area (Å²) >= 11 is 0. The number of rotatable bonds is 2. The van der Waals surface area contributed by atoms with Gasteiger partial charge in [0.25, 0.3) is 0 Å². The number of hydrogen-bond donors (Lipinski definition) is 1. The Morgan fingerprint density at radius 1 is 1.36 bits per heavy atom. The molecule has 0 aromatic rings. The van der Waals surface area contributed by atoms with Gasteiger partial charge in [-0.15, -0.1) is 0 Å². The Morgan fingerprint density at radius 2 is 2.29 bits per heavy atom. The molecule has 1 unspecified atom stereocenters. The standard InChI is InChI=1S/C11H21NO2/c1-11(6-4-7-12-9-11)14-10-5-2-3-8-13-10/h10,12H,2-9H2,1H3/t10?,11-/m0/s1. The van der Waals surface area contributed by atoms with Crippen LogP contribution in [0, 0.1) is 0 Å². The van der Waals surface area contributed by atoms with Gasteiger partial charge in [-0.3, -0.25) is 0 Å². The first-order valence-electron chi connectivity index (χ1n) is 5.79. The molecule has 2 fully saturated rings. The molecule has 0 amide bonds. The fourth-order valence-corrected chi connectivity index (χ4v) is 2.25. The van der Waals surface area contributed by atoms with Crippen molar-refractivity contribution < 1.29 is 9.47 Å². The van der Waals surface area contributed by atoms with Gasteiger partial charge in [0.15, 0.2) is 6.29 Å². The van der Waals surface area contributed by atoms with Crippen molar-refractivity contribution in [3.05, 3.63) is 0 Å². The lowest BCUT2D eigenvalue weighted by Gasteiger charge is -2.38. The van der Waals surface area contributed by atoms with Crippen LogP contribution in [0.5, 0.6) is 0 Å². The third-order valence-electron chi connectivity index (χ3n) is 3.11. The molecule has 2 heterocycles. The summed E-state index contributed by atoms with van der Waals surface area (Å²) in [6, 6.07) is 0. The van der Waals surface area contributed by atoms with Crippen LogP contribution in [0.4, 0.5) is 0 Å². The normalized spacial score (nSPS) is 39.6. The lowest BCUT2D eigenvalue weighted by molar-refractivity contribution is -0.223. The molecule has 2 atom stereocenters. The first-order valence-corrected chi connectivity index (χ1v) is 5.79. The highest BCUT2D eigenvalue weighted by Gasteiger charge is 2.31. The number of piperidine rings is 1. The first-order chi connectivity index (χ1) is 6.79. The lowest BCUT2D eigenvalue weighted by Crippen LogP contribution is -2.48. The third-order valence-corrected chi connectivity index (χ3v) is 3.11. The summed E-state index contributed by atoms with van der Waals surface area (Å²) in [6.45, 7) is 5.16. The maximum absolute atomic E-state index is 6.04. The van der Waals surface area contributed by atoms with Gasteiger partial charge in [-0.25, -0.2) is 0 Å². The van der Waals surface area contributed by atoms with Gasteiger partial charge in [0.2, 0.25) is 0 Å². The SMILES string of the molecule is C[C@]1(OC2CCCCO2)CCCNC1. The van der Waals surface area contributed by atoms with Crippen molar-refractivity contribution in [3.8, 4) is 0 Å². The highest BCUT2D eigenvalue weighted by atomic mass is 16.7. The summed E-state index contributed by atoms with van der Waals surface area (Å²) in [6.07, 6.45) is 5.91. The lowest BCUT2D eigenvalue weighted by atomic mass is 9.96. The molecule has 82 valence electrons.